The second-order valence-electron chi connectivity index (χ2n) is 5.33. The monoisotopic (exact) mass is 421 g/mol. The van der Waals surface area contributed by atoms with Gasteiger partial charge in [0.05, 0.1) is 5.69 Å². The quantitative estimate of drug-likeness (QED) is 0.469. The van der Waals surface area contributed by atoms with Crippen molar-refractivity contribution < 1.29 is 9.53 Å². The summed E-state index contributed by atoms with van der Waals surface area (Å²) in [6.45, 7) is 0. The zero-order valence-corrected chi connectivity index (χ0v) is 14.2. The number of hydrogen-bond donors (Lipinski definition) is 2. The van der Waals surface area contributed by atoms with Crippen molar-refractivity contribution in [3.63, 3.8) is 0 Å². The predicted molar refractivity (Wildman–Crippen MR) is 96.0 cm³/mol. The van der Waals surface area contributed by atoms with Crippen LogP contribution >= 0.6 is 22.6 Å². The molecular weight excluding hydrogens is 409 g/mol. The molecule has 0 bridgehead atoms. The van der Waals surface area contributed by atoms with Gasteiger partial charge in [-0.15, -0.1) is 0 Å². The molecule has 1 aliphatic heterocycles. The number of carbonyl (C=O) groups is 1. The lowest BCUT2D eigenvalue weighted by Crippen LogP contribution is -2.32. The third kappa shape index (κ3) is 2.14. The fourth-order valence-electron chi connectivity index (χ4n) is 2.80. The first-order valence-electron chi connectivity index (χ1n) is 6.98. The van der Waals surface area contributed by atoms with E-state index in [2.05, 4.69) is 10.3 Å². The summed E-state index contributed by atoms with van der Waals surface area (Å²) in [5.74, 6) is 0.440. The van der Waals surface area contributed by atoms with Crippen LogP contribution in [-0.2, 0) is 11.8 Å². The lowest BCUT2D eigenvalue weighted by Gasteiger charge is -2.24. The Morgan fingerprint density at radius 2 is 2.04 bits per heavy atom. The maximum Gasteiger partial charge on any atom is 0.275 e. The summed E-state index contributed by atoms with van der Waals surface area (Å²) < 4.78 is 6.75. The van der Waals surface area contributed by atoms with E-state index in [0.29, 0.717) is 17.0 Å². The number of aromatic amines is 1. The van der Waals surface area contributed by atoms with Gasteiger partial charge in [0.1, 0.15) is 5.52 Å². The number of benzene rings is 1. The second-order valence-corrected chi connectivity index (χ2v) is 6.46. The third-order valence-electron chi connectivity index (χ3n) is 3.88. The summed E-state index contributed by atoms with van der Waals surface area (Å²) in [4.78, 5) is 27.0. The number of fused-ring (bicyclic) bond motifs is 2. The highest BCUT2D eigenvalue weighted by Gasteiger charge is 2.27. The van der Waals surface area contributed by atoms with Crippen molar-refractivity contribution in [1.29, 1.82) is 0 Å². The molecule has 1 amide bonds. The molecule has 3 aromatic rings. The van der Waals surface area contributed by atoms with Gasteiger partial charge in [-0.3, -0.25) is 9.59 Å². The molecule has 0 saturated carbocycles. The van der Waals surface area contributed by atoms with Crippen molar-refractivity contribution in [3.8, 4) is 16.9 Å². The van der Waals surface area contributed by atoms with Crippen LogP contribution in [0.25, 0.3) is 22.0 Å². The van der Waals surface area contributed by atoms with Gasteiger partial charge in [-0.05, 0) is 34.7 Å². The first-order valence-corrected chi connectivity index (χ1v) is 8.22. The standard InChI is InChI=1S/C16H12IN3O3/c1-20-7-10(8-5-6-18-12(8)16(20)22)9-3-2-4-11-13(9)23-14(17)15(21)19-11/h2-7,14,18H,1H3,(H,19,21)/t14-/m1/s1. The Kier molecular flexibility index (Phi) is 3.19. The normalized spacial score (nSPS) is 16.8. The number of nitrogens with zero attached hydrogens (tertiary/aromatic N) is 1. The van der Waals surface area contributed by atoms with Gasteiger partial charge >= 0.3 is 0 Å². The fourth-order valence-corrected chi connectivity index (χ4v) is 3.21. The van der Waals surface area contributed by atoms with Gasteiger partial charge < -0.3 is 19.6 Å². The molecule has 1 aliphatic rings. The Morgan fingerprint density at radius 3 is 2.87 bits per heavy atom. The van der Waals surface area contributed by atoms with E-state index in [0.717, 1.165) is 16.5 Å². The van der Waals surface area contributed by atoms with E-state index in [1.165, 1.54) is 4.57 Å². The number of carbonyl (C=O) groups excluding carboxylic acids is 1. The number of halogens is 1. The number of alkyl halides is 1. The van der Waals surface area contributed by atoms with E-state index in [9.17, 15) is 9.59 Å². The number of para-hydroxylation sites is 1. The Balaban J connectivity index is 2.02. The Bertz CT molecular complexity index is 1010. The van der Waals surface area contributed by atoms with Crippen molar-refractivity contribution in [2.45, 2.75) is 4.11 Å². The number of amides is 1. The average Bonchev–Trinajstić information content (AvgIpc) is 3.01. The molecule has 0 spiro atoms. The lowest BCUT2D eigenvalue weighted by atomic mass is 10.0. The van der Waals surface area contributed by atoms with Crippen molar-refractivity contribution in [3.05, 3.63) is 47.0 Å². The molecule has 2 N–H and O–H groups in total. The smallest absolute Gasteiger partial charge is 0.275 e. The van der Waals surface area contributed by atoms with E-state index in [1.54, 1.807) is 25.5 Å². The number of aromatic nitrogens is 2. The van der Waals surface area contributed by atoms with Gasteiger partial charge in [-0.1, -0.05) is 12.1 Å². The number of ether oxygens (including phenoxy) is 1. The summed E-state index contributed by atoms with van der Waals surface area (Å²) in [5, 5.41) is 3.67. The molecule has 116 valence electrons. The number of H-pyrrole nitrogens is 1. The molecule has 7 heteroatoms. The van der Waals surface area contributed by atoms with Crippen molar-refractivity contribution >= 4 is 45.1 Å². The zero-order valence-electron chi connectivity index (χ0n) is 12.1. The van der Waals surface area contributed by atoms with Gasteiger partial charge in [0.2, 0.25) is 4.11 Å². The predicted octanol–water partition coefficient (Wildman–Crippen LogP) is 2.63. The zero-order chi connectivity index (χ0) is 16.1. The number of nitrogens with one attached hydrogen (secondary N) is 2. The van der Waals surface area contributed by atoms with Crippen LogP contribution in [0.2, 0.25) is 0 Å². The highest BCUT2D eigenvalue weighted by atomic mass is 127. The Morgan fingerprint density at radius 1 is 1.22 bits per heavy atom. The average molecular weight is 421 g/mol. The molecule has 0 saturated heterocycles. The van der Waals surface area contributed by atoms with E-state index in [4.69, 9.17) is 4.74 Å². The Labute approximate surface area is 144 Å². The molecule has 1 aromatic carbocycles. The van der Waals surface area contributed by atoms with Crippen LogP contribution in [0.5, 0.6) is 5.75 Å². The number of aryl methyl sites for hydroxylation is 1. The van der Waals surface area contributed by atoms with Crippen LogP contribution in [0.15, 0.2) is 41.5 Å². The molecule has 0 aliphatic carbocycles. The summed E-state index contributed by atoms with van der Waals surface area (Å²) in [5.41, 5.74) is 2.82. The molecule has 1 atom stereocenters. The van der Waals surface area contributed by atoms with Gasteiger partial charge in [0.15, 0.2) is 5.75 Å². The lowest BCUT2D eigenvalue weighted by molar-refractivity contribution is -0.119. The minimum Gasteiger partial charge on any atom is -0.467 e. The number of hydrogen-bond acceptors (Lipinski definition) is 3. The molecule has 0 unspecified atom stereocenters. The minimum absolute atomic E-state index is 0.0838. The molecular formula is C16H12IN3O3. The SMILES string of the molecule is Cn1cc(-c2cccc3c2O[C@@H](I)C(=O)N3)c2cc[nH]c2c1=O. The van der Waals surface area contributed by atoms with E-state index in [1.807, 2.05) is 40.8 Å². The van der Waals surface area contributed by atoms with Crippen molar-refractivity contribution in [2.24, 2.45) is 7.05 Å². The first-order chi connectivity index (χ1) is 11.1. The summed E-state index contributed by atoms with van der Waals surface area (Å²) >= 11 is 1.95. The third-order valence-corrected chi connectivity index (χ3v) is 4.70. The van der Waals surface area contributed by atoms with Crippen LogP contribution in [0.4, 0.5) is 5.69 Å². The van der Waals surface area contributed by atoms with Crippen LogP contribution in [-0.4, -0.2) is 19.6 Å². The highest BCUT2D eigenvalue weighted by molar-refractivity contribution is 14.1. The van der Waals surface area contributed by atoms with E-state index in [-0.39, 0.29) is 11.5 Å². The van der Waals surface area contributed by atoms with Crippen molar-refractivity contribution in [2.75, 3.05) is 5.32 Å². The molecule has 0 fully saturated rings. The summed E-state index contributed by atoms with van der Waals surface area (Å²) in [6.07, 6.45) is 3.53. The number of anilines is 1. The van der Waals surface area contributed by atoms with Gasteiger partial charge in [-0.25, -0.2) is 0 Å². The Hall–Kier alpha value is -2.29. The topological polar surface area (TPSA) is 76.1 Å². The van der Waals surface area contributed by atoms with Crippen LogP contribution in [0.3, 0.4) is 0 Å². The summed E-state index contributed by atoms with van der Waals surface area (Å²) in [6, 6.07) is 7.45. The molecule has 2 aromatic heterocycles. The maximum atomic E-state index is 12.2. The molecule has 0 radical (unpaired) electrons. The van der Waals surface area contributed by atoms with Gasteiger partial charge in [0, 0.05) is 36.0 Å². The molecule has 6 nitrogen and oxygen atoms in total. The maximum absolute atomic E-state index is 12.2. The van der Waals surface area contributed by atoms with E-state index < -0.39 is 4.11 Å². The number of rotatable bonds is 1. The van der Waals surface area contributed by atoms with Gasteiger partial charge in [-0.2, -0.15) is 0 Å². The summed E-state index contributed by atoms with van der Waals surface area (Å²) in [7, 11) is 1.71. The molecule has 3 heterocycles. The van der Waals surface area contributed by atoms with Gasteiger partial charge in [0.25, 0.3) is 11.5 Å². The van der Waals surface area contributed by atoms with Crippen LogP contribution in [0.1, 0.15) is 0 Å². The highest BCUT2D eigenvalue weighted by Crippen LogP contribution is 2.41. The molecule has 4 rings (SSSR count). The minimum atomic E-state index is -0.588. The van der Waals surface area contributed by atoms with E-state index >= 15 is 0 Å². The second kappa shape index (κ2) is 5.12. The van der Waals surface area contributed by atoms with Crippen LogP contribution in [0, 0.1) is 0 Å². The molecule has 23 heavy (non-hydrogen) atoms. The largest absolute Gasteiger partial charge is 0.467 e. The van der Waals surface area contributed by atoms with Crippen molar-refractivity contribution in [1.82, 2.24) is 9.55 Å². The first kappa shape index (κ1) is 14.3. The fraction of sp³-hybridized carbons (Fsp3) is 0.125. The van der Waals surface area contributed by atoms with Crippen LogP contribution < -0.4 is 15.6 Å². The number of pyridine rings is 1.